The molecule has 1 aromatic carbocycles. The maximum absolute atomic E-state index is 12.6. The van der Waals surface area contributed by atoms with E-state index in [2.05, 4.69) is 27.8 Å². The maximum atomic E-state index is 12.6. The highest BCUT2D eigenvalue weighted by atomic mass is 79.9. The van der Waals surface area contributed by atoms with E-state index in [9.17, 15) is 13.2 Å². The Morgan fingerprint density at radius 3 is 2.59 bits per heavy atom. The van der Waals surface area contributed by atoms with Crippen LogP contribution in [0, 0.1) is 0 Å². The second-order valence-electron chi connectivity index (χ2n) is 3.83. The molecule has 1 nitrogen and oxygen atoms in total. The fourth-order valence-electron chi connectivity index (χ4n) is 1.27. The maximum Gasteiger partial charge on any atom is 0.417 e. The Labute approximate surface area is 107 Å². The van der Waals surface area contributed by atoms with Gasteiger partial charge in [0.25, 0.3) is 0 Å². The van der Waals surface area contributed by atoms with Crippen molar-refractivity contribution in [3.63, 3.8) is 0 Å². The Balaban J connectivity index is 2.79. The average Bonchev–Trinajstić information content (AvgIpc) is 2.18. The Kier molecular flexibility index (Phi) is 4.62. The van der Waals surface area contributed by atoms with E-state index >= 15 is 0 Å². The van der Waals surface area contributed by atoms with E-state index < -0.39 is 11.7 Å². The fraction of sp³-hybridized carbons (Fsp3) is 0.333. The van der Waals surface area contributed by atoms with Gasteiger partial charge in [-0.2, -0.15) is 13.2 Å². The summed E-state index contributed by atoms with van der Waals surface area (Å²) >= 11 is 2.90. The van der Waals surface area contributed by atoms with Crippen LogP contribution in [0.5, 0.6) is 0 Å². The normalized spacial score (nSPS) is 11.4. The molecule has 0 aliphatic rings. The van der Waals surface area contributed by atoms with Gasteiger partial charge in [0.15, 0.2) is 0 Å². The number of anilines is 1. The van der Waals surface area contributed by atoms with E-state index in [0.29, 0.717) is 12.2 Å². The van der Waals surface area contributed by atoms with E-state index in [1.807, 2.05) is 6.92 Å². The van der Waals surface area contributed by atoms with Gasteiger partial charge in [-0.05, 0) is 31.5 Å². The predicted molar refractivity (Wildman–Crippen MR) is 67.1 cm³/mol. The highest BCUT2D eigenvalue weighted by Gasteiger charge is 2.33. The van der Waals surface area contributed by atoms with Crippen LogP contribution in [-0.4, -0.2) is 6.54 Å². The molecule has 0 aromatic heterocycles. The summed E-state index contributed by atoms with van der Waals surface area (Å²) in [5.74, 6) is 0. The van der Waals surface area contributed by atoms with Crippen LogP contribution in [-0.2, 0) is 6.18 Å². The van der Waals surface area contributed by atoms with Gasteiger partial charge in [0, 0.05) is 16.7 Å². The largest absolute Gasteiger partial charge is 0.417 e. The second-order valence-corrected chi connectivity index (χ2v) is 4.68. The molecule has 0 aliphatic heterocycles. The van der Waals surface area contributed by atoms with Crippen LogP contribution in [0.25, 0.3) is 0 Å². The lowest BCUT2D eigenvalue weighted by molar-refractivity contribution is -0.138. The minimum atomic E-state index is -4.34. The van der Waals surface area contributed by atoms with Crippen molar-refractivity contribution < 1.29 is 13.2 Å². The minimum Gasteiger partial charge on any atom is -0.385 e. The summed E-state index contributed by atoms with van der Waals surface area (Å²) in [5, 5.41) is 2.93. The van der Waals surface area contributed by atoms with E-state index in [0.717, 1.165) is 18.1 Å². The third-order valence-corrected chi connectivity index (χ3v) is 2.84. The molecule has 1 N–H and O–H groups in total. The SMILES string of the molecule is C=C(C)CCNc1ccc(Br)c(C(F)(F)F)c1. The van der Waals surface area contributed by atoms with Gasteiger partial charge in [0.1, 0.15) is 0 Å². The molecule has 0 radical (unpaired) electrons. The lowest BCUT2D eigenvalue weighted by atomic mass is 10.2. The molecular weight excluding hydrogens is 295 g/mol. The van der Waals surface area contributed by atoms with Crippen molar-refractivity contribution >= 4 is 21.6 Å². The molecule has 0 unspecified atom stereocenters. The van der Waals surface area contributed by atoms with Crippen LogP contribution in [0.15, 0.2) is 34.8 Å². The monoisotopic (exact) mass is 307 g/mol. The van der Waals surface area contributed by atoms with Crippen LogP contribution in [0.2, 0.25) is 0 Å². The number of rotatable bonds is 4. The molecule has 0 saturated carbocycles. The van der Waals surface area contributed by atoms with Gasteiger partial charge in [-0.15, -0.1) is 6.58 Å². The van der Waals surface area contributed by atoms with Gasteiger partial charge < -0.3 is 5.32 Å². The molecular formula is C12H13BrF3N. The third-order valence-electron chi connectivity index (χ3n) is 2.15. The summed E-state index contributed by atoms with van der Waals surface area (Å²) in [6.07, 6.45) is -3.61. The lowest BCUT2D eigenvalue weighted by Crippen LogP contribution is -2.08. The summed E-state index contributed by atoms with van der Waals surface area (Å²) < 4.78 is 37.9. The molecule has 94 valence electrons. The van der Waals surface area contributed by atoms with Crippen LogP contribution in [0.4, 0.5) is 18.9 Å². The van der Waals surface area contributed by atoms with E-state index in [1.165, 1.54) is 6.07 Å². The molecule has 0 fully saturated rings. The topological polar surface area (TPSA) is 12.0 Å². The first-order valence-corrected chi connectivity index (χ1v) is 5.85. The molecule has 0 spiro atoms. The van der Waals surface area contributed by atoms with Crippen molar-refractivity contribution in [3.8, 4) is 0 Å². The zero-order chi connectivity index (χ0) is 13.1. The van der Waals surface area contributed by atoms with Crippen molar-refractivity contribution in [3.05, 3.63) is 40.4 Å². The smallest absolute Gasteiger partial charge is 0.385 e. The van der Waals surface area contributed by atoms with Gasteiger partial charge in [0.05, 0.1) is 5.56 Å². The van der Waals surface area contributed by atoms with Crippen LogP contribution < -0.4 is 5.32 Å². The van der Waals surface area contributed by atoms with Crippen molar-refractivity contribution in [2.45, 2.75) is 19.5 Å². The van der Waals surface area contributed by atoms with Crippen molar-refractivity contribution in [1.82, 2.24) is 0 Å². The molecule has 0 bridgehead atoms. The summed E-state index contributed by atoms with van der Waals surface area (Å²) in [6, 6.07) is 4.10. The van der Waals surface area contributed by atoms with Gasteiger partial charge in [-0.3, -0.25) is 0 Å². The number of nitrogens with one attached hydrogen (secondary N) is 1. The molecule has 5 heteroatoms. The predicted octanol–water partition coefficient (Wildman–Crippen LogP) is 4.85. The standard InChI is InChI=1S/C12H13BrF3N/c1-8(2)5-6-17-9-3-4-11(13)10(7-9)12(14,15)16/h3-4,7,17H,1,5-6H2,2H3. The lowest BCUT2D eigenvalue weighted by Gasteiger charge is -2.12. The highest BCUT2D eigenvalue weighted by Crippen LogP contribution is 2.36. The molecule has 1 rings (SSSR count). The van der Waals surface area contributed by atoms with Crippen molar-refractivity contribution in [1.29, 1.82) is 0 Å². The second kappa shape index (κ2) is 5.58. The Morgan fingerprint density at radius 1 is 1.41 bits per heavy atom. The summed E-state index contributed by atoms with van der Waals surface area (Å²) in [5.41, 5.74) is 0.783. The van der Waals surface area contributed by atoms with Crippen LogP contribution in [0.1, 0.15) is 18.9 Å². The first kappa shape index (κ1) is 14.1. The first-order chi connectivity index (χ1) is 7.80. The minimum absolute atomic E-state index is 0.0513. The summed E-state index contributed by atoms with van der Waals surface area (Å²) in [4.78, 5) is 0. The number of hydrogen-bond donors (Lipinski definition) is 1. The van der Waals surface area contributed by atoms with E-state index in [4.69, 9.17) is 0 Å². The first-order valence-electron chi connectivity index (χ1n) is 5.05. The third kappa shape index (κ3) is 4.42. The highest BCUT2D eigenvalue weighted by molar-refractivity contribution is 9.10. The fourth-order valence-corrected chi connectivity index (χ4v) is 1.74. The number of halogens is 4. The molecule has 0 heterocycles. The van der Waals surface area contributed by atoms with Gasteiger partial charge in [-0.1, -0.05) is 21.5 Å². The van der Waals surface area contributed by atoms with Crippen LogP contribution >= 0.6 is 15.9 Å². The average molecular weight is 308 g/mol. The number of alkyl halides is 3. The van der Waals surface area contributed by atoms with E-state index in [-0.39, 0.29) is 4.47 Å². The quantitative estimate of drug-likeness (QED) is 0.784. The molecule has 1 aromatic rings. The molecule has 0 saturated heterocycles. The summed E-state index contributed by atoms with van der Waals surface area (Å²) in [6.45, 7) is 6.19. The van der Waals surface area contributed by atoms with Crippen molar-refractivity contribution in [2.75, 3.05) is 11.9 Å². The van der Waals surface area contributed by atoms with Gasteiger partial charge in [0.2, 0.25) is 0 Å². The Morgan fingerprint density at radius 2 is 2.06 bits per heavy atom. The zero-order valence-corrected chi connectivity index (χ0v) is 11.0. The van der Waals surface area contributed by atoms with Gasteiger partial charge >= 0.3 is 6.18 Å². The van der Waals surface area contributed by atoms with Gasteiger partial charge in [-0.25, -0.2) is 0 Å². The van der Waals surface area contributed by atoms with E-state index in [1.54, 1.807) is 6.07 Å². The Bertz CT molecular complexity index is 413. The molecule has 0 aliphatic carbocycles. The number of hydrogen-bond acceptors (Lipinski definition) is 1. The Hall–Kier alpha value is -0.970. The molecule has 0 amide bonds. The molecule has 0 atom stereocenters. The van der Waals surface area contributed by atoms with Crippen molar-refractivity contribution in [2.24, 2.45) is 0 Å². The summed E-state index contributed by atoms with van der Waals surface area (Å²) in [7, 11) is 0. The van der Waals surface area contributed by atoms with Crippen LogP contribution in [0.3, 0.4) is 0 Å². The zero-order valence-electron chi connectivity index (χ0n) is 9.37. The molecule has 17 heavy (non-hydrogen) atoms. The number of benzene rings is 1.